The average Bonchev–Trinajstić information content (AvgIpc) is 1.67. The van der Waals surface area contributed by atoms with Gasteiger partial charge < -0.3 is 11.1 Å². The van der Waals surface area contributed by atoms with Crippen LogP contribution in [0.2, 0.25) is 0 Å². The quantitative estimate of drug-likeness (QED) is 0.494. The van der Waals surface area contributed by atoms with E-state index in [1.807, 2.05) is 0 Å². The minimum Gasteiger partial charge on any atom is -0.322 e. The van der Waals surface area contributed by atoms with E-state index in [0.29, 0.717) is 0 Å². The number of nitrogens with one attached hydrogen (secondary N) is 1. The summed E-state index contributed by atoms with van der Waals surface area (Å²) in [4.78, 5) is 10.4. The fourth-order valence-electron chi connectivity index (χ4n) is 0.190. The van der Waals surface area contributed by atoms with Crippen LogP contribution in [0.1, 0.15) is 6.92 Å². The summed E-state index contributed by atoms with van der Waals surface area (Å²) in [6.07, 6.45) is 0. The molecule has 0 unspecified atom stereocenters. The lowest BCUT2D eigenvalue weighted by Gasteiger charge is -1.99. The van der Waals surface area contributed by atoms with E-state index in [9.17, 15) is 4.79 Å². The Labute approximate surface area is 53.2 Å². The van der Waals surface area contributed by atoms with Crippen molar-refractivity contribution in [2.24, 2.45) is 5.73 Å². The summed E-state index contributed by atoms with van der Waals surface area (Å²) >= 11 is 4.34. The first kappa shape index (κ1) is 7.52. The van der Waals surface area contributed by atoms with Crippen LogP contribution in [0.15, 0.2) is 0 Å². The van der Waals surface area contributed by atoms with Crippen molar-refractivity contribution < 1.29 is 4.79 Å². The Morgan fingerprint density at radius 1 is 2.00 bits per heavy atom. The van der Waals surface area contributed by atoms with E-state index in [1.54, 1.807) is 6.92 Å². The lowest BCUT2D eigenvalue weighted by molar-refractivity contribution is -0.120. The highest BCUT2D eigenvalue weighted by atomic mass is 32.1. The standard InChI is InChI=1S/C4H8N2OS/c1-3(5)4(7)6-2-8/h2-3H,5H2,1H3,(H,6,7,8)/t3-/m0/s1. The average molecular weight is 132 g/mol. The number of carbonyl (C=O) groups excluding carboxylic acids is 1. The van der Waals surface area contributed by atoms with Crippen molar-refractivity contribution in [3.8, 4) is 0 Å². The molecule has 8 heavy (non-hydrogen) atoms. The van der Waals surface area contributed by atoms with Crippen molar-refractivity contribution in [1.82, 2.24) is 5.32 Å². The zero-order valence-corrected chi connectivity index (χ0v) is 5.37. The normalized spacial score (nSPS) is 12.2. The molecule has 0 aromatic carbocycles. The van der Waals surface area contributed by atoms with Crippen molar-refractivity contribution >= 4 is 23.6 Å². The Balaban J connectivity index is 3.48. The van der Waals surface area contributed by atoms with Gasteiger partial charge in [0.1, 0.15) is 0 Å². The second-order valence-corrected chi connectivity index (χ2v) is 1.65. The van der Waals surface area contributed by atoms with Crippen LogP contribution in [0.4, 0.5) is 0 Å². The number of rotatable bonds is 2. The van der Waals surface area contributed by atoms with E-state index >= 15 is 0 Å². The molecule has 0 fully saturated rings. The van der Waals surface area contributed by atoms with Crippen LogP contribution in [0.5, 0.6) is 0 Å². The molecule has 1 amide bonds. The van der Waals surface area contributed by atoms with Gasteiger partial charge in [-0.3, -0.25) is 4.79 Å². The number of nitrogens with two attached hydrogens (primary N) is 1. The van der Waals surface area contributed by atoms with Crippen molar-refractivity contribution in [3.63, 3.8) is 0 Å². The van der Waals surface area contributed by atoms with Gasteiger partial charge in [-0.2, -0.15) is 0 Å². The van der Waals surface area contributed by atoms with E-state index in [1.165, 1.54) is 0 Å². The summed E-state index contributed by atoms with van der Waals surface area (Å²) in [6, 6.07) is -0.478. The fourth-order valence-corrected chi connectivity index (χ4v) is 0.306. The largest absolute Gasteiger partial charge is 0.322 e. The van der Waals surface area contributed by atoms with E-state index in [4.69, 9.17) is 5.73 Å². The van der Waals surface area contributed by atoms with E-state index < -0.39 is 6.04 Å². The second kappa shape index (κ2) is 3.51. The molecule has 0 aliphatic carbocycles. The van der Waals surface area contributed by atoms with Gasteiger partial charge in [-0.1, -0.05) is 12.2 Å². The molecule has 3 nitrogen and oxygen atoms in total. The highest BCUT2D eigenvalue weighted by Crippen LogP contribution is 1.70. The zero-order valence-electron chi connectivity index (χ0n) is 4.55. The number of thiocarbonyl (C=S) groups is 1. The maximum atomic E-state index is 10.4. The third-order valence-corrected chi connectivity index (χ3v) is 0.733. The minimum atomic E-state index is -0.478. The van der Waals surface area contributed by atoms with Gasteiger partial charge in [0.25, 0.3) is 0 Å². The number of amides is 1. The summed E-state index contributed by atoms with van der Waals surface area (Å²) in [5.41, 5.74) is 6.29. The molecule has 0 aromatic rings. The van der Waals surface area contributed by atoms with Gasteiger partial charge >= 0.3 is 0 Å². The van der Waals surface area contributed by atoms with Crippen LogP contribution in [0.25, 0.3) is 0 Å². The summed E-state index contributed by atoms with van der Waals surface area (Å²) in [7, 11) is 0. The Bertz CT molecular complexity index is 102. The van der Waals surface area contributed by atoms with E-state index in [0.717, 1.165) is 5.49 Å². The third kappa shape index (κ3) is 2.65. The second-order valence-electron chi connectivity index (χ2n) is 1.42. The summed E-state index contributed by atoms with van der Waals surface area (Å²) in [6.45, 7) is 1.59. The molecule has 1 atom stereocenters. The first-order valence-electron chi connectivity index (χ1n) is 2.18. The topological polar surface area (TPSA) is 55.1 Å². The molecule has 4 heteroatoms. The van der Waals surface area contributed by atoms with E-state index in [-0.39, 0.29) is 5.91 Å². The summed E-state index contributed by atoms with van der Waals surface area (Å²) in [5, 5.41) is 2.27. The molecule has 0 aliphatic heterocycles. The Morgan fingerprint density at radius 2 is 2.50 bits per heavy atom. The Morgan fingerprint density at radius 3 is 2.62 bits per heavy atom. The lowest BCUT2D eigenvalue weighted by atomic mass is 10.3. The summed E-state index contributed by atoms with van der Waals surface area (Å²) < 4.78 is 0. The lowest BCUT2D eigenvalue weighted by Crippen LogP contribution is -2.36. The summed E-state index contributed by atoms with van der Waals surface area (Å²) in [5.74, 6) is -0.250. The van der Waals surface area contributed by atoms with Gasteiger partial charge in [0.2, 0.25) is 5.91 Å². The van der Waals surface area contributed by atoms with Crippen molar-refractivity contribution in [3.05, 3.63) is 0 Å². The molecule has 0 aromatic heterocycles. The zero-order chi connectivity index (χ0) is 6.57. The molecule has 0 saturated carbocycles. The van der Waals surface area contributed by atoms with Crippen molar-refractivity contribution in [1.29, 1.82) is 0 Å². The molecule has 0 saturated heterocycles. The molecule has 0 spiro atoms. The molecule has 46 valence electrons. The van der Waals surface area contributed by atoms with Gasteiger partial charge in [0.15, 0.2) is 0 Å². The molecule has 0 rings (SSSR count). The van der Waals surface area contributed by atoms with Crippen LogP contribution < -0.4 is 11.1 Å². The molecule has 0 bridgehead atoms. The van der Waals surface area contributed by atoms with Crippen molar-refractivity contribution in [2.45, 2.75) is 13.0 Å². The molecule has 0 heterocycles. The predicted molar refractivity (Wildman–Crippen MR) is 35.4 cm³/mol. The van der Waals surface area contributed by atoms with Crippen LogP contribution in [-0.4, -0.2) is 17.4 Å². The highest BCUT2D eigenvalue weighted by Gasteiger charge is 2.02. The predicted octanol–water partition coefficient (Wildman–Crippen LogP) is -0.593. The molecule has 0 radical (unpaired) electrons. The SMILES string of the molecule is C[C@H](N)C(=O)NC=S. The number of carbonyl (C=O) groups is 1. The van der Waals surface area contributed by atoms with E-state index in [2.05, 4.69) is 17.5 Å². The molecule has 0 aliphatic rings. The van der Waals surface area contributed by atoms with Crippen LogP contribution in [0, 0.1) is 0 Å². The Hall–Kier alpha value is -0.480. The van der Waals surface area contributed by atoms with Gasteiger partial charge in [-0.15, -0.1) is 0 Å². The third-order valence-electron chi connectivity index (χ3n) is 0.615. The van der Waals surface area contributed by atoms with Crippen LogP contribution in [0.3, 0.4) is 0 Å². The van der Waals surface area contributed by atoms with Gasteiger partial charge in [0.05, 0.1) is 11.5 Å². The van der Waals surface area contributed by atoms with Gasteiger partial charge in [-0.25, -0.2) is 0 Å². The molecular formula is C4H8N2OS. The molecule has 3 N–H and O–H groups in total. The maximum Gasteiger partial charge on any atom is 0.241 e. The van der Waals surface area contributed by atoms with Crippen LogP contribution in [-0.2, 0) is 4.79 Å². The molecular weight excluding hydrogens is 124 g/mol. The van der Waals surface area contributed by atoms with Crippen LogP contribution >= 0.6 is 12.2 Å². The minimum absolute atomic E-state index is 0.250. The smallest absolute Gasteiger partial charge is 0.241 e. The number of hydrogen-bond acceptors (Lipinski definition) is 3. The number of hydrogen-bond donors (Lipinski definition) is 2. The van der Waals surface area contributed by atoms with Gasteiger partial charge in [0, 0.05) is 0 Å². The van der Waals surface area contributed by atoms with Crippen molar-refractivity contribution in [2.75, 3.05) is 0 Å². The Kier molecular flexibility index (Phi) is 3.30. The maximum absolute atomic E-state index is 10.4. The first-order chi connectivity index (χ1) is 3.68. The monoisotopic (exact) mass is 132 g/mol. The van der Waals surface area contributed by atoms with Gasteiger partial charge in [-0.05, 0) is 6.92 Å². The highest BCUT2D eigenvalue weighted by molar-refractivity contribution is 7.78. The fraction of sp³-hybridized carbons (Fsp3) is 0.500. The first-order valence-corrected chi connectivity index (χ1v) is 2.65.